The lowest BCUT2D eigenvalue weighted by Crippen LogP contribution is -2.05. The van der Waals surface area contributed by atoms with E-state index in [-0.39, 0.29) is 11.9 Å². The van der Waals surface area contributed by atoms with Crippen LogP contribution < -0.4 is 0 Å². The van der Waals surface area contributed by atoms with Crippen LogP contribution in [0.5, 0.6) is 0 Å². The van der Waals surface area contributed by atoms with Gasteiger partial charge in [-0.2, -0.15) is 0 Å². The lowest BCUT2D eigenvalue weighted by atomic mass is 10.2. The highest BCUT2D eigenvalue weighted by Gasteiger charge is 2.04. The molecule has 0 radical (unpaired) electrons. The second-order valence-electron chi connectivity index (χ2n) is 3.30. The van der Waals surface area contributed by atoms with Gasteiger partial charge in [0.05, 0.1) is 13.2 Å². The van der Waals surface area contributed by atoms with E-state index in [0.717, 1.165) is 0 Å². The highest BCUT2D eigenvalue weighted by Crippen LogP contribution is 2.04. The van der Waals surface area contributed by atoms with Gasteiger partial charge in [0.15, 0.2) is 0 Å². The largest absolute Gasteiger partial charge is 0.466 e. The van der Waals surface area contributed by atoms with Crippen molar-refractivity contribution in [1.82, 2.24) is 0 Å². The van der Waals surface area contributed by atoms with Crippen LogP contribution in [0, 0.1) is 0 Å². The first-order valence-electron chi connectivity index (χ1n) is 5.61. The van der Waals surface area contributed by atoms with Gasteiger partial charge < -0.3 is 9.47 Å². The van der Waals surface area contributed by atoms with Crippen molar-refractivity contribution in [2.75, 3.05) is 13.2 Å². The van der Waals surface area contributed by atoms with Crippen LogP contribution in [0.3, 0.4) is 0 Å². The molecule has 92 valence electrons. The van der Waals surface area contributed by atoms with Gasteiger partial charge in [0.2, 0.25) is 0 Å². The van der Waals surface area contributed by atoms with Crippen LogP contribution in [-0.2, 0) is 19.1 Å². The van der Waals surface area contributed by atoms with Crippen LogP contribution in [0.15, 0.2) is 11.6 Å². The van der Waals surface area contributed by atoms with Crippen molar-refractivity contribution in [2.45, 2.75) is 40.0 Å². The van der Waals surface area contributed by atoms with Crippen molar-refractivity contribution >= 4 is 11.9 Å². The van der Waals surface area contributed by atoms with Crippen LogP contribution in [-0.4, -0.2) is 25.2 Å². The van der Waals surface area contributed by atoms with Crippen molar-refractivity contribution in [3.05, 3.63) is 11.6 Å². The lowest BCUT2D eigenvalue weighted by Gasteiger charge is -2.02. The van der Waals surface area contributed by atoms with Gasteiger partial charge in [-0.05, 0) is 33.6 Å². The molecule has 0 aromatic heterocycles. The SMILES string of the molecule is CCOC(=O)CCC/C=C(\C)C(=O)OCC. The summed E-state index contributed by atoms with van der Waals surface area (Å²) in [4.78, 5) is 22.2. The molecule has 0 amide bonds. The first-order chi connectivity index (χ1) is 7.61. The molecule has 0 spiro atoms. The number of carbonyl (C=O) groups excluding carboxylic acids is 2. The van der Waals surface area contributed by atoms with E-state index in [1.807, 2.05) is 0 Å². The summed E-state index contributed by atoms with van der Waals surface area (Å²) in [6.45, 7) is 6.06. The van der Waals surface area contributed by atoms with Gasteiger partial charge in [0, 0.05) is 12.0 Å². The predicted octanol–water partition coefficient (Wildman–Crippen LogP) is 2.23. The Balaban J connectivity index is 3.74. The molecule has 0 aliphatic heterocycles. The molecule has 0 bridgehead atoms. The molecule has 0 heterocycles. The summed E-state index contributed by atoms with van der Waals surface area (Å²) >= 11 is 0. The fourth-order valence-corrected chi connectivity index (χ4v) is 1.13. The Morgan fingerprint density at radius 2 is 1.75 bits per heavy atom. The summed E-state index contributed by atoms with van der Waals surface area (Å²) in [6, 6.07) is 0. The van der Waals surface area contributed by atoms with E-state index in [4.69, 9.17) is 9.47 Å². The molecule has 0 saturated heterocycles. The van der Waals surface area contributed by atoms with Crippen LogP contribution in [0.2, 0.25) is 0 Å². The number of rotatable bonds is 7. The van der Waals surface area contributed by atoms with Crippen LogP contribution in [0.1, 0.15) is 40.0 Å². The number of allylic oxidation sites excluding steroid dienone is 1. The number of carbonyl (C=O) groups is 2. The Labute approximate surface area is 96.6 Å². The summed E-state index contributed by atoms with van der Waals surface area (Å²) in [7, 11) is 0. The third kappa shape index (κ3) is 7.04. The molecule has 0 aliphatic rings. The van der Waals surface area contributed by atoms with Crippen LogP contribution in [0.4, 0.5) is 0 Å². The smallest absolute Gasteiger partial charge is 0.333 e. The van der Waals surface area contributed by atoms with Crippen molar-refractivity contribution in [1.29, 1.82) is 0 Å². The van der Waals surface area contributed by atoms with Crippen molar-refractivity contribution < 1.29 is 19.1 Å². The number of unbranched alkanes of at least 4 members (excludes halogenated alkanes) is 1. The van der Waals surface area contributed by atoms with Gasteiger partial charge in [-0.3, -0.25) is 4.79 Å². The lowest BCUT2D eigenvalue weighted by molar-refractivity contribution is -0.143. The van der Waals surface area contributed by atoms with E-state index in [1.165, 1.54) is 0 Å². The predicted molar refractivity (Wildman–Crippen MR) is 60.9 cm³/mol. The minimum Gasteiger partial charge on any atom is -0.466 e. The summed E-state index contributed by atoms with van der Waals surface area (Å²) in [5.74, 6) is -0.483. The maximum absolute atomic E-state index is 11.2. The van der Waals surface area contributed by atoms with Gasteiger partial charge in [-0.15, -0.1) is 0 Å². The fourth-order valence-electron chi connectivity index (χ4n) is 1.13. The Morgan fingerprint density at radius 3 is 2.31 bits per heavy atom. The molecule has 0 atom stereocenters. The van der Waals surface area contributed by atoms with Crippen LogP contribution in [0.25, 0.3) is 0 Å². The third-order valence-corrected chi connectivity index (χ3v) is 1.94. The molecule has 4 nitrogen and oxygen atoms in total. The Bertz CT molecular complexity index is 256. The maximum atomic E-state index is 11.2. The Kier molecular flexibility index (Phi) is 8.21. The zero-order valence-corrected chi connectivity index (χ0v) is 10.2. The molecule has 0 aliphatic carbocycles. The van der Waals surface area contributed by atoms with E-state index in [0.29, 0.717) is 38.0 Å². The quantitative estimate of drug-likeness (QED) is 0.381. The molecule has 0 aromatic rings. The standard InChI is InChI=1S/C12H20O4/c1-4-15-11(13)9-7-6-8-10(3)12(14)16-5-2/h8H,4-7,9H2,1-3H3/b10-8+. The number of esters is 2. The molecule has 16 heavy (non-hydrogen) atoms. The fraction of sp³-hybridized carbons (Fsp3) is 0.667. The second kappa shape index (κ2) is 8.95. The molecule has 0 aromatic carbocycles. The molecule has 0 rings (SSSR count). The molecular weight excluding hydrogens is 208 g/mol. The van der Waals surface area contributed by atoms with Gasteiger partial charge in [0.25, 0.3) is 0 Å². The van der Waals surface area contributed by atoms with E-state index in [2.05, 4.69) is 0 Å². The second-order valence-corrected chi connectivity index (χ2v) is 3.30. The van der Waals surface area contributed by atoms with Crippen molar-refractivity contribution in [3.63, 3.8) is 0 Å². The highest BCUT2D eigenvalue weighted by atomic mass is 16.5. The summed E-state index contributed by atoms with van der Waals surface area (Å²) < 4.78 is 9.61. The van der Waals surface area contributed by atoms with Gasteiger partial charge in [-0.25, -0.2) is 4.79 Å². The van der Waals surface area contributed by atoms with Crippen molar-refractivity contribution in [3.8, 4) is 0 Å². The summed E-state index contributed by atoms with van der Waals surface area (Å²) in [5, 5.41) is 0. The first-order valence-corrected chi connectivity index (χ1v) is 5.61. The summed E-state index contributed by atoms with van der Waals surface area (Å²) in [6.07, 6.45) is 3.55. The van der Waals surface area contributed by atoms with E-state index < -0.39 is 0 Å². The zero-order valence-electron chi connectivity index (χ0n) is 10.2. The molecule has 0 fully saturated rings. The van der Waals surface area contributed by atoms with Crippen molar-refractivity contribution in [2.24, 2.45) is 0 Å². The molecular formula is C12H20O4. The monoisotopic (exact) mass is 228 g/mol. The third-order valence-electron chi connectivity index (χ3n) is 1.94. The van der Waals surface area contributed by atoms with E-state index >= 15 is 0 Å². The van der Waals surface area contributed by atoms with Gasteiger partial charge in [-0.1, -0.05) is 6.08 Å². The highest BCUT2D eigenvalue weighted by molar-refractivity contribution is 5.87. The first kappa shape index (κ1) is 14.7. The average Bonchev–Trinajstić information content (AvgIpc) is 2.24. The van der Waals surface area contributed by atoms with Crippen LogP contribution >= 0.6 is 0 Å². The number of ether oxygens (including phenoxy) is 2. The molecule has 0 unspecified atom stereocenters. The molecule has 4 heteroatoms. The van der Waals surface area contributed by atoms with E-state index in [9.17, 15) is 9.59 Å². The minimum atomic E-state index is -0.293. The van der Waals surface area contributed by atoms with E-state index in [1.54, 1.807) is 26.8 Å². The normalized spacial score (nSPS) is 11.1. The minimum absolute atomic E-state index is 0.190. The molecule has 0 N–H and O–H groups in total. The topological polar surface area (TPSA) is 52.6 Å². The van der Waals surface area contributed by atoms with Gasteiger partial charge >= 0.3 is 11.9 Å². The number of hydrogen-bond acceptors (Lipinski definition) is 4. The zero-order chi connectivity index (χ0) is 12.4. The number of hydrogen-bond donors (Lipinski definition) is 0. The maximum Gasteiger partial charge on any atom is 0.333 e. The Hall–Kier alpha value is -1.32. The molecule has 0 saturated carbocycles. The Morgan fingerprint density at radius 1 is 1.12 bits per heavy atom. The summed E-state index contributed by atoms with van der Waals surface area (Å²) in [5.41, 5.74) is 0.589. The average molecular weight is 228 g/mol. The van der Waals surface area contributed by atoms with Gasteiger partial charge in [0.1, 0.15) is 0 Å².